The molecule has 27 heavy (non-hydrogen) atoms. The summed E-state index contributed by atoms with van der Waals surface area (Å²) in [6.07, 6.45) is 4.52. The molecule has 0 aromatic heterocycles. The predicted octanol–water partition coefficient (Wildman–Crippen LogP) is 2.62. The Kier molecular flexibility index (Phi) is 5.83. The number of fused-ring (bicyclic) bond motifs is 1. The smallest absolute Gasteiger partial charge is 0.237 e. The van der Waals surface area contributed by atoms with Crippen LogP contribution in [-0.2, 0) is 9.53 Å². The van der Waals surface area contributed by atoms with Crippen molar-refractivity contribution >= 4 is 5.91 Å². The lowest BCUT2D eigenvalue weighted by molar-refractivity contribution is -0.134. The van der Waals surface area contributed by atoms with Gasteiger partial charge in [-0.3, -0.25) is 9.69 Å². The minimum absolute atomic E-state index is 0.140. The summed E-state index contributed by atoms with van der Waals surface area (Å²) in [6.45, 7) is 7.13. The summed E-state index contributed by atoms with van der Waals surface area (Å²) in [5, 5.41) is 0. The molecule has 148 valence electrons. The van der Waals surface area contributed by atoms with Crippen molar-refractivity contribution in [1.29, 1.82) is 0 Å². The van der Waals surface area contributed by atoms with Gasteiger partial charge in [-0.25, -0.2) is 0 Å². The summed E-state index contributed by atoms with van der Waals surface area (Å²) in [6, 6.07) is 6.25. The number of piperidine rings is 1. The summed E-state index contributed by atoms with van der Waals surface area (Å²) >= 11 is 0. The molecule has 6 nitrogen and oxygen atoms in total. The molecule has 3 aliphatic heterocycles. The summed E-state index contributed by atoms with van der Waals surface area (Å²) in [4.78, 5) is 17.3. The second kappa shape index (κ2) is 8.48. The van der Waals surface area contributed by atoms with Crippen LogP contribution in [0.2, 0.25) is 0 Å². The molecule has 6 heteroatoms. The number of likely N-dealkylation sites (tertiary alicyclic amines) is 2. The van der Waals surface area contributed by atoms with Gasteiger partial charge in [0.1, 0.15) is 13.2 Å². The largest absolute Gasteiger partial charge is 0.486 e. The molecule has 0 spiro atoms. The number of hydrogen-bond acceptors (Lipinski definition) is 5. The molecule has 1 aromatic rings. The molecule has 1 aromatic carbocycles. The highest BCUT2D eigenvalue weighted by atomic mass is 16.6. The van der Waals surface area contributed by atoms with Crippen LogP contribution >= 0.6 is 0 Å². The standard InChI is InChI=1S/C21H30N2O4/c1-2-25-17-5-3-9-22(14-17)15-21(24)23-10-4-6-18(23)16-7-8-19-20(13-16)27-12-11-26-19/h7-8,13,17-18H,2-6,9-12,14-15H2,1H3. The zero-order valence-corrected chi connectivity index (χ0v) is 16.2. The van der Waals surface area contributed by atoms with Gasteiger partial charge in [0.05, 0.1) is 18.7 Å². The third-order valence-electron chi connectivity index (χ3n) is 5.75. The first kappa shape index (κ1) is 18.6. The monoisotopic (exact) mass is 374 g/mol. The van der Waals surface area contributed by atoms with Crippen molar-refractivity contribution in [2.45, 2.75) is 44.8 Å². The van der Waals surface area contributed by atoms with Crippen molar-refractivity contribution in [3.63, 3.8) is 0 Å². The van der Waals surface area contributed by atoms with E-state index in [1.165, 1.54) is 0 Å². The Labute approximate surface area is 161 Å². The molecule has 0 radical (unpaired) electrons. The quantitative estimate of drug-likeness (QED) is 0.793. The van der Waals surface area contributed by atoms with Gasteiger partial charge in [0.2, 0.25) is 5.91 Å². The van der Waals surface area contributed by atoms with Gasteiger partial charge in [0.25, 0.3) is 0 Å². The lowest BCUT2D eigenvalue weighted by Crippen LogP contribution is -2.46. The van der Waals surface area contributed by atoms with Crippen LogP contribution in [0.15, 0.2) is 18.2 Å². The Bertz CT molecular complexity index is 664. The van der Waals surface area contributed by atoms with Gasteiger partial charge in [-0.15, -0.1) is 0 Å². The number of carbonyl (C=O) groups excluding carboxylic acids is 1. The maximum absolute atomic E-state index is 13.0. The Morgan fingerprint density at radius 2 is 1.96 bits per heavy atom. The molecule has 3 heterocycles. The highest BCUT2D eigenvalue weighted by molar-refractivity contribution is 5.79. The van der Waals surface area contributed by atoms with Crippen molar-refractivity contribution in [1.82, 2.24) is 9.80 Å². The fraction of sp³-hybridized carbons (Fsp3) is 0.667. The van der Waals surface area contributed by atoms with E-state index >= 15 is 0 Å². The molecule has 0 aliphatic carbocycles. The maximum atomic E-state index is 13.0. The number of carbonyl (C=O) groups is 1. The number of amides is 1. The SMILES string of the molecule is CCOC1CCCN(CC(=O)N2CCCC2c2ccc3c(c2)OCCO3)C1. The summed E-state index contributed by atoms with van der Waals surface area (Å²) in [5.74, 6) is 1.83. The Hall–Kier alpha value is -1.79. The molecule has 4 rings (SSSR count). The van der Waals surface area contributed by atoms with E-state index in [1.807, 2.05) is 13.0 Å². The van der Waals surface area contributed by atoms with E-state index in [1.54, 1.807) is 0 Å². The number of benzene rings is 1. The van der Waals surface area contributed by atoms with Crippen LogP contribution in [0, 0.1) is 0 Å². The van der Waals surface area contributed by atoms with Gasteiger partial charge in [0, 0.05) is 19.7 Å². The average Bonchev–Trinajstić information content (AvgIpc) is 3.18. The molecule has 1 amide bonds. The van der Waals surface area contributed by atoms with E-state index < -0.39 is 0 Å². The zero-order chi connectivity index (χ0) is 18.6. The van der Waals surface area contributed by atoms with Gasteiger partial charge in [-0.2, -0.15) is 0 Å². The topological polar surface area (TPSA) is 51.2 Å². The highest BCUT2D eigenvalue weighted by Crippen LogP contribution is 2.38. The normalized spacial score (nSPS) is 25.6. The Balaban J connectivity index is 1.41. The molecular formula is C21H30N2O4. The van der Waals surface area contributed by atoms with E-state index in [2.05, 4.69) is 21.9 Å². The van der Waals surface area contributed by atoms with Crippen LogP contribution in [0.5, 0.6) is 11.5 Å². The molecule has 0 bridgehead atoms. The van der Waals surface area contributed by atoms with Crippen LogP contribution in [0.25, 0.3) is 0 Å². The molecule has 2 unspecified atom stereocenters. The van der Waals surface area contributed by atoms with Gasteiger partial charge in [-0.05, 0) is 56.8 Å². The highest BCUT2D eigenvalue weighted by Gasteiger charge is 2.32. The van der Waals surface area contributed by atoms with Gasteiger partial charge in [-0.1, -0.05) is 6.07 Å². The average molecular weight is 374 g/mol. The fourth-order valence-electron chi connectivity index (χ4n) is 4.49. The van der Waals surface area contributed by atoms with Gasteiger partial charge >= 0.3 is 0 Å². The van der Waals surface area contributed by atoms with E-state index in [0.29, 0.717) is 19.8 Å². The Morgan fingerprint density at radius 3 is 2.81 bits per heavy atom. The van der Waals surface area contributed by atoms with Crippen LogP contribution in [-0.4, -0.2) is 67.8 Å². The van der Waals surface area contributed by atoms with E-state index in [0.717, 1.165) is 69.0 Å². The minimum Gasteiger partial charge on any atom is -0.486 e. The Morgan fingerprint density at radius 1 is 1.15 bits per heavy atom. The molecule has 2 atom stereocenters. The van der Waals surface area contributed by atoms with Crippen molar-refractivity contribution in [2.24, 2.45) is 0 Å². The van der Waals surface area contributed by atoms with Gasteiger partial charge in [0.15, 0.2) is 11.5 Å². The maximum Gasteiger partial charge on any atom is 0.237 e. The fourth-order valence-corrected chi connectivity index (χ4v) is 4.49. The van der Waals surface area contributed by atoms with Crippen LogP contribution in [0.1, 0.15) is 44.2 Å². The third-order valence-corrected chi connectivity index (χ3v) is 5.75. The first-order chi connectivity index (χ1) is 13.2. The van der Waals surface area contributed by atoms with Crippen molar-refractivity contribution < 1.29 is 19.0 Å². The predicted molar refractivity (Wildman–Crippen MR) is 102 cm³/mol. The van der Waals surface area contributed by atoms with Crippen LogP contribution < -0.4 is 9.47 Å². The molecule has 0 N–H and O–H groups in total. The first-order valence-corrected chi connectivity index (χ1v) is 10.3. The number of rotatable bonds is 5. The molecule has 0 saturated carbocycles. The van der Waals surface area contributed by atoms with E-state index in [-0.39, 0.29) is 18.1 Å². The lowest BCUT2D eigenvalue weighted by atomic mass is 10.0. The second-order valence-electron chi connectivity index (χ2n) is 7.60. The minimum atomic E-state index is 0.140. The first-order valence-electron chi connectivity index (χ1n) is 10.3. The van der Waals surface area contributed by atoms with E-state index in [4.69, 9.17) is 14.2 Å². The van der Waals surface area contributed by atoms with Gasteiger partial charge < -0.3 is 19.1 Å². The molecular weight excluding hydrogens is 344 g/mol. The summed E-state index contributed by atoms with van der Waals surface area (Å²) in [5.41, 5.74) is 1.15. The van der Waals surface area contributed by atoms with Crippen molar-refractivity contribution in [3.05, 3.63) is 23.8 Å². The number of hydrogen-bond donors (Lipinski definition) is 0. The van der Waals surface area contributed by atoms with E-state index in [9.17, 15) is 4.79 Å². The second-order valence-corrected chi connectivity index (χ2v) is 7.60. The number of nitrogens with zero attached hydrogens (tertiary/aromatic N) is 2. The summed E-state index contributed by atoms with van der Waals surface area (Å²) in [7, 11) is 0. The van der Waals surface area contributed by atoms with Crippen molar-refractivity contribution in [3.8, 4) is 11.5 Å². The molecule has 2 saturated heterocycles. The van der Waals surface area contributed by atoms with Crippen LogP contribution in [0.4, 0.5) is 0 Å². The third kappa shape index (κ3) is 4.22. The van der Waals surface area contributed by atoms with Crippen LogP contribution in [0.3, 0.4) is 0 Å². The molecule has 3 aliphatic rings. The lowest BCUT2D eigenvalue weighted by Gasteiger charge is -2.34. The zero-order valence-electron chi connectivity index (χ0n) is 16.2. The van der Waals surface area contributed by atoms with Crippen molar-refractivity contribution in [2.75, 3.05) is 46.0 Å². The summed E-state index contributed by atoms with van der Waals surface area (Å²) < 4.78 is 17.1. The number of ether oxygens (including phenoxy) is 3. The molecule has 2 fully saturated rings.